The lowest BCUT2D eigenvalue weighted by Gasteiger charge is -2.29. The van der Waals surface area contributed by atoms with Crippen molar-refractivity contribution >= 4 is 34.7 Å². The van der Waals surface area contributed by atoms with Crippen LogP contribution in [-0.4, -0.2) is 39.4 Å². The van der Waals surface area contributed by atoms with Crippen LogP contribution in [0.2, 0.25) is 5.02 Å². The Labute approximate surface area is 151 Å². The van der Waals surface area contributed by atoms with Crippen molar-refractivity contribution in [1.29, 1.82) is 0 Å². The van der Waals surface area contributed by atoms with Crippen LogP contribution in [0, 0.1) is 0 Å². The van der Waals surface area contributed by atoms with Crippen LogP contribution >= 0.6 is 11.6 Å². The lowest BCUT2D eigenvalue weighted by molar-refractivity contribution is 0.122. The fourth-order valence-electron chi connectivity index (χ4n) is 2.63. The zero-order valence-electron chi connectivity index (χ0n) is 13.9. The maximum Gasteiger partial charge on any atom is 0.323 e. The van der Waals surface area contributed by atoms with Gasteiger partial charge in [0.1, 0.15) is 5.75 Å². The molecule has 0 unspecified atom stereocenters. The summed E-state index contributed by atoms with van der Waals surface area (Å²) in [5.41, 5.74) is 2.29. The first-order valence-electron chi connectivity index (χ1n) is 8.00. The summed E-state index contributed by atoms with van der Waals surface area (Å²) in [6, 6.07) is 12.3. The summed E-state index contributed by atoms with van der Waals surface area (Å²) in [6.45, 7) is 3.04. The molecule has 0 radical (unpaired) electrons. The molecule has 2 N–H and O–H groups in total. The Kier molecular flexibility index (Phi) is 5.63. The molecule has 0 aromatic heterocycles. The van der Waals surface area contributed by atoms with E-state index in [4.69, 9.17) is 21.1 Å². The molecule has 0 aliphatic carbocycles. The highest BCUT2D eigenvalue weighted by molar-refractivity contribution is 6.30. The molecule has 0 atom stereocenters. The molecule has 7 heteroatoms. The summed E-state index contributed by atoms with van der Waals surface area (Å²) >= 11 is 5.85. The summed E-state index contributed by atoms with van der Waals surface area (Å²) in [4.78, 5) is 14.5. The number of morpholine rings is 1. The second kappa shape index (κ2) is 8.09. The van der Waals surface area contributed by atoms with E-state index in [1.807, 2.05) is 18.2 Å². The number of amides is 2. The number of halogens is 1. The minimum Gasteiger partial charge on any atom is -0.495 e. The van der Waals surface area contributed by atoms with Crippen molar-refractivity contribution in [2.24, 2.45) is 0 Å². The van der Waals surface area contributed by atoms with Crippen LogP contribution < -0.4 is 20.3 Å². The maximum atomic E-state index is 12.3. The Morgan fingerprint density at radius 2 is 1.84 bits per heavy atom. The van der Waals surface area contributed by atoms with E-state index in [0.717, 1.165) is 18.8 Å². The molecule has 0 bridgehead atoms. The number of nitrogens with zero attached hydrogens (tertiary/aromatic N) is 1. The topological polar surface area (TPSA) is 62.8 Å². The summed E-state index contributed by atoms with van der Waals surface area (Å²) in [7, 11) is 1.58. The third-order valence-electron chi connectivity index (χ3n) is 3.91. The molecule has 2 aromatic carbocycles. The van der Waals surface area contributed by atoms with Crippen LogP contribution in [0.25, 0.3) is 0 Å². The number of hydrogen-bond acceptors (Lipinski definition) is 4. The van der Waals surface area contributed by atoms with E-state index in [-0.39, 0.29) is 6.03 Å². The molecule has 2 aromatic rings. The molecule has 1 fully saturated rings. The number of rotatable bonds is 4. The van der Waals surface area contributed by atoms with Gasteiger partial charge in [0, 0.05) is 29.5 Å². The van der Waals surface area contributed by atoms with Gasteiger partial charge in [-0.2, -0.15) is 0 Å². The quantitative estimate of drug-likeness (QED) is 0.868. The fourth-order valence-corrected chi connectivity index (χ4v) is 2.76. The van der Waals surface area contributed by atoms with E-state index in [9.17, 15) is 4.79 Å². The van der Waals surface area contributed by atoms with Crippen LogP contribution in [-0.2, 0) is 4.74 Å². The lowest BCUT2D eigenvalue weighted by atomic mass is 10.2. The second-order valence-electron chi connectivity index (χ2n) is 5.57. The van der Waals surface area contributed by atoms with Crippen LogP contribution in [0.4, 0.5) is 21.9 Å². The fraction of sp³-hybridized carbons (Fsp3) is 0.278. The van der Waals surface area contributed by atoms with Crippen molar-refractivity contribution in [2.45, 2.75) is 0 Å². The largest absolute Gasteiger partial charge is 0.495 e. The van der Waals surface area contributed by atoms with Crippen LogP contribution in [0.5, 0.6) is 5.75 Å². The Hall–Kier alpha value is -2.44. The standard InChI is InChI=1S/C18H20ClN3O3/c1-24-17-7-6-15(22-8-10-25-11-9-22)12-16(17)21-18(23)20-14-4-2-13(19)3-5-14/h2-7,12H,8-11H2,1H3,(H2,20,21,23). The normalized spacial score (nSPS) is 14.1. The lowest BCUT2D eigenvalue weighted by Crippen LogP contribution is -2.36. The van der Waals surface area contributed by atoms with Crippen molar-refractivity contribution in [2.75, 3.05) is 48.9 Å². The minimum atomic E-state index is -0.347. The molecule has 1 heterocycles. The number of anilines is 3. The van der Waals surface area contributed by atoms with Gasteiger partial charge in [0.15, 0.2) is 0 Å². The third kappa shape index (κ3) is 4.55. The first kappa shape index (κ1) is 17.4. The number of carbonyl (C=O) groups is 1. The Morgan fingerprint density at radius 1 is 1.12 bits per heavy atom. The molecule has 6 nitrogen and oxygen atoms in total. The van der Waals surface area contributed by atoms with E-state index in [2.05, 4.69) is 15.5 Å². The monoisotopic (exact) mass is 361 g/mol. The average Bonchev–Trinajstić information content (AvgIpc) is 2.64. The van der Waals surface area contributed by atoms with Gasteiger partial charge in [-0.15, -0.1) is 0 Å². The van der Waals surface area contributed by atoms with Crippen molar-refractivity contribution in [3.05, 3.63) is 47.5 Å². The van der Waals surface area contributed by atoms with Gasteiger partial charge < -0.3 is 25.0 Å². The van der Waals surface area contributed by atoms with Gasteiger partial charge in [-0.25, -0.2) is 4.79 Å². The Balaban J connectivity index is 1.72. The highest BCUT2D eigenvalue weighted by Gasteiger charge is 2.15. The molecular weight excluding hydrogens is 342 g/mol. The van der Waals surface area contributed by atoms with E-state index in [0.29, 0.717) is 35.4 Å². The molecule has 3 rings (SSSR count). The van der Waals surface area contributed by atoms with Crippen molar-refractivity contribution < 1.29 is 14.3 Å². The van der Waals surface area contributed by atoms with Crippen molar-refractivity contribution in [3.8, 4) is 5.75 Å². The number of hydrogen-bond donors (Lipinski definition) is 2. The third-order valence-corrected chi connectivity index (χ3v) is 4.16. The molecule has 132 valence electrons. The average molecular weight is 362 g/mol. The summed E-state index contributed by atoms with van der Waals surface area (Å²) in [5, 5.41) is 6.22. The Morgan fingerprint density at radius 3 is 2.52 bits per heavy atom. The number of ether oxygens (including phenoxy) is 2. The summed E-state index contributed by atoms with van der Waals surface area (Å²) in [6.07, 6.45) is 0. The molecule has 2 amide bonds. The van der Waals surface area contributed by atoms with Crippen LogP contribution in [0.1, 0.15) is 0 Å². The zero-order chi connectivity index (χ0) is 17.6. The summed E-state index contributed by atoms with van der Waals surface area (Å²) in [5.74, 6) is 0.600. The number of nitrogens with one attached hydrogen (secondary N) is 2. The smallest absolute Gasteiger partial charge is 0.323 e. The predicted octanol–water partition coefficient (Wildman–Crippen LogP) is 3.83. The minimum absolute atomic E-state index is 0.347. The summed E-state index contributed by atoms with van der Waals surface area (Å²) < 4.78 is 10.7. The van der Waals surface area contributed by atoms with Crippen molar-refractivity contribution in [3.63, 3.8) is 0 Å². The second-order valence-corrected chi connectivity index (χ2v) is 6.01. The maximum absolute atomic E-state index is 12.3. The molecular formula is C18H20ClN3O3. The molecule has 1 aliphatic rings. The zero-order valence-corrected chi connectivity index (χ0v) is 14.7. The molecule has 1 saturated heterocycles. The van der Waals surface area contributed by atoms with E-state index in [1.54, 1.807) is 31.4 Å². The number of carbonyl (C=O) groups excluding carboxylic acids is 1. The van der Waals surface area contributed by atoms with Gasteiger partial charge >= 0.3 is 6.03 Å². The number of methoxy groups -OCH3 is 1. The van der Waals surface area contributed by atoms with Gasteiger partial charge in [-0.3, -0.25) is 0 Å². The number of benzene rings is 2. The van der Waals surface area contributed by atoms with Crippen LogP contribution in [0.15, 0.2) is 42.5 Å². The van der Waals surface area contributed by atoms with Gasteiger partial charge in [0.05, 0.1) is 26.0 Å². The molecule has 1 aliphatic heterocycles. The van der Waals surface area contributed by atoms with Crippen molar-refractivity contribution in [1.82, 2.24) is 0 Å². The predicted molar refractivity (Wildman–Crippen MR) is 100 cm³/mol. The van der Waals surface area contributed by atoms with E-state index < -0.39 is 0 Å². The first-order valence-corrected chi connectivity index (χ1v) is 8.38. The first-order chi connectivity index (χ1) is 12.2. The SMILES string of the molecule is COc1ccc(N2CCOCC2)cc1NC(=O)Nc1ccc(Cl)cc1. The van der Waals surface area contributed by atoms with Gasteiger partial charge in [0.25, 0.3) is 0 Å². The van der Waals surface area contributed by atoms with Gasteiger partial charge in [-0.05, 0) is 42.5 Å². The Bertz CT molecular complexity index is 731. The highest BCUT2D eigenvalue weighted by atomic mass is 35.5. The molecule has 0 spiro atoms. The highest BCUT2D eigenvalue weighted by Crippen LogP contribution is 2.30. The van der Waals surface area contributed by atoms with Gasteiger partial charge in [0.2, 0.25) is 0 Å². The van der Waals surface area contributed by atoms with Crippen LogP contribution in [0.3, 0.4) is 0 Å². The molecule has 25 heavy (non-hydrogen) atoms. The molecule has 0 saturated carbocycles. The van der Waals surface area contributed by atoms with E-state index >= 15 is 0 Å². The number of urea groups is 1. The van der Waals surface area contributed by atoms with Gasteiger partial charge in [-0.1, -0.05) is 11.6 Å². The van der Waals surface area contributed by atoms with E-state index in [1.165, 1.54) is 0 Å².